The molecular weight excluding hydrogens is 330 g/mol. The van der Waals surface area contributed by atoms with Crippen LogP contribution in [0.1, 0.15) is 48.0 Å². The molecule has 1 saturated heterocycles. The summed E-state index contributed by atoms with van der Waals surface area (Å²) in [6.07, 6.45) is -0.0415. The van der Waals surface area contributed by atoms with Gasteiger partial charge in [0.2, 0.25) is 0 Å². The number of hydrogen-bond acceptors (Lipinski definition) is 5. The van der Waals surface area contributed by atoms with Gasteiger partial charge in [-0.05, 0) is 66.1 Å². The van der Waals surface area contributed by atoms with Crippen LogP contribution in [0.5, 0.6) is 0 Å². The zero-order chi connectivity index (χ0) is 18.7. The number of nitrogens with zero attached hydrogens (tertiary/aromatic N) is 1. The summed E-state index contributed by atoms with van der Waals surface area (Å²) in [6, 6.07) is -0.669. The van der Waals surface area contributed by atoms with E-state index in [9.17, 15) is 9.59 Å². The highest BCUT2D eigenvalue weighted by atomic mass is 32.1. The van der Waals surface area contributed by atoms with Crippen LogP contribution in [0.15, 0.2) is 0 Å². The van der Waals surface area contributed by atoms with Crippen LogP contribution in [0.2, 0.25) is 0 Å². The molecule has 24 heavy (non-hydrogen) atoms. The van der Waals surface area contributed by atoms with Gasteiger partial charge in [-0.3, -0.25) is 4.90 Å². The highest BCUT2D eigenvalue weighted by Gasteiger charge is 2.43. The third-order valence-electron chi connectivity index (χ3n) is 3.26. The minimum Gasteiger partial charge on any atom is -0.458 e. The van der Waals surface area contributed by atoms with Crippen molar-refractivity contribution in [2.75, 3.05) is 13.1 Å². The van der Waals surface area contributed by atoms with E-state index < -0.39 is 29.3 Å². The molecule has 0 saturated carbocycles. The third-order valence-corrected chi connectivity index (χ3v) is 3.40. The van der Waals surface area contributed by atoms with Crippen LogP contribution >= 0.6 is 12.2 Å². The number of nitrogens with one attached hydrogen (secondary N) is 1. The molecule has 0 radical (unpaired) electrons. The number of carbonyl (C=O) groups excluding carboxylic acids is 2. The maximum atomic E-state index is 12.5. The molecule has 3 N–H and O–H groups in total. The molecule has 138 valence electrons. The largest absolute Gasteiger partial charge is 0.458 e. The van der Waals surface area contributed by atoms with Crippen molar-refractivity contribution in [3.05, 3.63) is 0 Å². The minimum atomic E-state index is -0.669. The first-order chi connectivity index (χ1) is 10.8. The van der Waals surface area contributed by atoms with Crippen LogP contribution in [0.25, 0.3) is 0 Å². The Morgan fingerprint density at radius 3 is 2.17 bits per heavy atom. The summed E-state index contributed by atoms with van der Waals surface area (Å²) in [6.45, 7) is 11.6. The number of ether oxygens (including phenoxy) is 2. The third kappa shape index (κ3) is 6.90. The molecule has 1 aliphatic heterocycles. The molecule has 7 nitrogen and oxygen atoms in total. The van der Waals surface area contributed by atoms with Crippen molar-refractivity contribution in [2.45, 2.75) is 65.2 Å². The number of thiocarbonyl (C=S) groups is 1. The SMILES string of the molecule is CC(C)(C)OC(=O)[C@@H]1C[C@@H](CNC(N)=S)CN1C(=O)OC(C)(C)C. The number of esters is 1. The Bertz CT molecular complexity index is 461. The van der Waals surface area contributed by atoms with E-state index in [1.807, 2.05) is 0 Å². The van der Waals surface area contributed by atoms with Crippen LogP contribution in [-0.4, -0.2) is 52.4 Å². The lowest BCUT2D eigenvalue weighted by molar-refractivity contribution is -0.160. The van der Waals surface area contributed by atoms with Crippen LogP contribution in [-0.2, 0) is 14.3 Å². The second-order valence-corrected chi connectivity index (χ2v) is 8.47. The molecule has 0 aliphatic carbocycles. The van der Waals surface area contributed by atoms with Gasteiger partial charge in [0.1, 0.15) is 17.2 Å². The molecule has 1 aliphatic rings. The molecule has 0 aromatic rings. The van der Waals surface area contributed by atoms with Gasteiger partial charge in [-0.1, -0.05) is 0 Å². The number of amides is 1. The molecule has 1 heterocycles. The molecule has 0 spiro atoms. The number of rotatable bonds is 3. The monoisotopic (exact) mass is 359 g/mol. The molecule has 0 bridgehead atoms. The molecule has 0 unspecified atom stereocenters. The predicted molar refractivity (Wildman–Crippen MR) is 95.5 cm³/mol. The Labute approximate surface area is 149 Å². The highest BCUT2D eigenvalue weighted by Crippen LogP contribution is 2.27. The zero-order valence-corrected chi connectivity index (χ0v) is 16.2. The number of carbonyl (C=O) groups is 2. The molecular formula is C16H29N3O4S. The van der Waals surface area contributed by atoms with E-state index in [4.69, 9.17) is 27.4 Å². The van der Waals surface area contributed by atoms with E-state index in [1.54, 1.807) is 41.5 Å². The van der Waals surface area contributed by atoms with Crippen LogP contribution in [0.3, 0.4) is 0 Å². The second-order valence-electron chi connectivity index (χ2n) is 8.03. The first-order valence-electron chi connectivity index (χ1n) is 8.04. The summed E-state index contributed by atoms with van der Waals surface area (Å²) in [5.41, 5.74) is 4.20. The molecule has 0 aromatic carbocycles. The van der Waals surface area contributed by atoms with Gasteiger partial charge in [-0.25, -0.2) is 9.59 Å². The van der Waals surface area contributed by atoms with Crippen LogP contribution in [0, 0.1) is 5.92 Å². The lowest BCUT2D eigenvalue weighted by atomic mass is 10.1. The van der Waals surface area contributed by atoms with E-state index >= 15 is 0 Å². The van der Waals surface area contributed by atoms with Gasteiger partial charge in [-0.15, -0.1) is 0 Å². The summed E-state index contributed by atoms with van der Waals surface area (Å²) < 4.78 is 10.9. The van der Waals surface area contributed by atoms with Crippen molar-refractivity contribution in [3.63, 3.8) is 0 Å². The Balaban J connectivity index is 2.86. The lowest BCUT2D eigenvalue weighted by Gasteiger charge is -2.29. The minimum absolute atomic E-state index is 0.0385. The van der Waals surface area contributed by atoms with Gasteiger partial charge in [0, 0.05) is 13.1 Å². The van der Waals surface area contributed by atoms with Crippen molar-refractivity contribution >= 4 is 29.4 Å². The van der Waals surface area contributed by atoms with Gasteiger partial charge in [0.25, 0.3) is 0 Å². The fourth-order valence-corrected chi connectivity index (χ4v) is 2.51. The quantitative estimate of drug-likeness (QED) is 0.586. The maximum absolute atomic E-state index is 12.5. The molecule has 1 amide bonds. The van der Waals surface area contributed by atoms with Crippen molar-refractivity contribution in [3.8, 4) is 0 Å². The van der Waals surface area contributed by atoms with Gasteiger partial charge in [0.05, 0.1) is 0 Å². The fraction of sp³-hybridized carbons (Fsp3) is 0.812. The van der Waals surface area contributed by atoms with Crippen LogP contribution in [0.4, 0.5) is 4.79 Å². The summed E-state index contributed by atoms with van der Waals surface area (Å²) in [4.78, 5) is 26.4. The number of likely N-dealkylation sites (tertiary alicyclic amines) is 1. The maximum Gasteiger partial charge on any atom is 0.411 e. The Hall–Kier alpha value is -1.57. The fourth-order valence-electron chi connectivity index (χ4n) is 2.43. The average molecular weight is 359 g/mol. The van der Waals surface area contributed by atoms with E-state index in [0.29, 0.717) is 19.5 Å². The van der Waals surface area contributed by atoms with Crippen LogP contribution < -0.4 is 11.1 Å². The normalized spacial score (nSPS) is 21.3. The first kappa shape index (κ1) is 20.5. The summed E-state index contributed by atoms with van der Waals surface area (Å²) in [5.74, 6) is -0.386. The zero-order valence-electron chi connectivity index (χ0n) is 15.3. The highest BCUT2D eigenvalue weighted by molar-refractivity contribution is 7.80. The van der Waals surface area contributed by atoms with E-state index in [-0.39, 0.29) is 11.0 Å². The van der Waals surface area contributed by atoms with Crippen molar-refractivity contribution in [1.82, 2.24) is 10.2 Å². The summed E-state index contributed by atoms with van der Waals surface area (Å²) >= 11 is 4.81. The van der Waals surface area contributed by atoms with E-state index in [2.05, 4.69) is 5.32 Å². The Morgan fingerprint density at radius 2 is 1.71 bits per heavy atom. The van der Waals surface area contributed by atoms with E-state index in [1.165, 1.54) is 4.90 Å². The lowest BCUT2D eigenvalue weighted by Crippen LogP contribution is -2.45. The topological polar surface area (TPSA) is 93.9 Å². The number of hydrogen-bond donors (Lipinski definition) is 2. The first-order valence-corrected chi connectivity index (χ1v) is 8.45. The summed E-state index contributed by atoms with van der Waals surface area (Å²) in [5, 5.41) is 3.08. The molecule has 1 rings (SSSR count). The van der Waals surface area contributed by atoms with Gasteiger partial charge in [-0.2, -0.15) is 0 Å². The van der Waals surface area contributed by atoms with Crippen molar-refractivity contribution in [2.24, 2.45) is 11.7 Å². The molecule has 2 atom stereocenters. The molecule has 0 aromatic heterocycles. The van der Waals surface area contributed by atoms with Crippen molar-refractivity contribution in [1.29, 1.82) is 0 Å². The smallest absolute Gasteiger partial charge is 0.411 e. The second kappa shape index (κ2) is 7.55. The Morgan fingerprint density at radius 1 is 1.17 bits per heavy atom. The number of nitrogens with two attached hydrogens (primary N) is 1. The predicted octanol–water partition coefficient (Wildman–Crippen LogP) is 1.79. The standard InChI is InChI=1S/C16H29N3O4S/c1-15(2,3)22-12(20)11-7-10(8-18-13(17)24)9-19(11)14(21)23-16(4,5)6/h10-11H,7-9H2,1-6H3,(H3,17,18,24)/t10-,11-/m0/s1. The molecule has 1 fully saturated rings. The van der Waals surface area contributed by atoms with Gasteiger partial charge < -0.3 is 20.5 Å². The van der Waals surface area contributed by atoms with Crippen molar-refractivity contribution < 1.29 is 19.1 Å². The molecule has 8 heteroatoms. The Kier molecular flexibility index (Phi) is 6.44. The van der Waals surface area contributed by atoms with Gasteiger partial charge in [0.15, 0.2) is 5.11 Å². The van der Waals surface area contributed by atoms with E-state index in [0.717, 1.165) is 0 Å². The average Bonchev–Trinajstić information content (AvgIpc) is 2.76. The van der Waals surface area contributed by atoms with Gasteiger partial charge >= 0.3 is 12.1 Å². The summed E-state index contributed by atoms with van der Waals surface area (Å²) in [7, 11) is 0.